The third-order valence-electron chi connectivity index (χ3n) is 4.69. The summed E-state index contributed by atoms with van der Waals surface area (Å²) in [7, 11) is 0. The molecule has 0 spiro atoms. The summed E-state index contributed by atoms with van der Waals surface area (Å²) in [5, 5.41) is 2.79. The quantitative estimate of drug-likeness (QED) is 0.763. The zero-order chi connectivity index (χ0) is 17.7. The number of ether oxygens (including phenoxy) is 2. The molecule has 1 aromatic carbocycles. The number of benzene rings is 1. The van der Waals surface area contributed by atoms with E-state index in [1.807, 2.05) is 12.1 Å². The molecule has 1 amide bonds. The van der Waals surface area contributed by atoms with Crippen LogP contribution >= 0.6 is 11.3 Å². The van der Waals surface area contributed by atoms with E-state index in [0.29, 0.717) is 23.0 Å². The number of carbonyl (C=O) groups is 1. The lowest BCUT2D eigenvalue weighted by Crippen LogP contribution is -2.31. The van der Waals surface area contributed by atoms with Gasteiger partial charge in [0.2, 0.25) is 6.79 Å². The largest absolute Gasteiger partial charge is 0.454 e. The van der Waals surface area contributed by atoms with Crippen molar-refractivity contribution in [3.63, 3.8) is 0 Å². The van der Waals surface area contributed by atoms with Gasteiger partial charge in [-0.05, 0) is 37.0 Å². The lowest BCUT2D eigenvalue weighted by Gasteiger charge is -2.06. The van der Waals surface area contributed by atoms with Crippen LogP contribution in [-0.4, -0.2) is 22.1 Å². The van der Waals surface area contributed by atoms with Crippen molar-refractivity contribution in [1.82, 2.24) is 14.7 Å². The van der Waals surface area contributed by atoms with Gasteiger partial charge in [0.15, 0.2) is 16.5 Å². The van der Waals surface area contributed by atoms with E-state index < -0.39 is 5.91 Å². The maximum Gasteiger partial charge on any atom is 0.271 e. The Morgan fingerprint density at radius 3 is 3.08 bits per heavy atom. The molecule has 0 bridgehead atoms. The second-order valence-corrected chi connectivity index (χ2v) is 7.35. The molecular formula is C18H15N3O4S. The molecule has 3 aromatic rings. The molecule has 1 aliphatic heterocycles. The van der Waals surface area contributed by atoms with Crippen LogP contribution in [0.2, 0.25) is 0 Å². The topological polar surface area (TPSA) is 81.9 Å². The molecule has 0 fully saturated rings. The van der Waals surface area contributed by atoms with Crippen LogP contribution in [0.15, 0.2) is 29.2 Å². The predicted octanol–water partition coefficient (Wildman–Crippen LogP) is 1.90. The minimum Gasteiger partial charge on any atom is -0.454 e. The average molecular weight is 369 g/mol. The number of aromatic nitrogens is 2. The number of fused-ring (bicyclic) bond motifs is 4. The van der Waals surface area contributed by atoms with Crippen LogP contribution in [0.4, 0.5) is 0 Å². The van der Waals surface area contributed by atoms with Gasteiger partial charge >= 0.3 is 0 Å². The summed E-state index contributed by atoms with van der Waals surface area (Å²) in [6, 6.07) is 5.48. The van der Waals surface area contributed by atoms with Gasteiger partial charge in [0.1, 0.15) is 5.56 Å². The van der Waals surface area contributed by atoms with Crippen molar-refractivity contribution in [2.24, 2.45) is 0 Å². The number of rotatable bonds is 3. The molecule has 2 aliphatic rings. The standard InChI is InChI=1S/C18H15N3O4S/c22-16(19-7-10-4-5-13-14(6-10)25-9-24-13)11-8-20-18-21(17(11)23)12-2-1-3-15(12)26-18/h4-6,8H,1-3,7,9H2,(H,19,22). The monoisotopic (exact) mass is 369 g/mol. The second kappa shape index (κ2) is 5.84. The van der Waals surface area contributed by atoms with Gasteiger partial charge < -0.3 is 14.8 Å². The van der Waals surface area contributed by atoms with E-state index in [2.05, 4.69) is 10.3 Å². The number of thiazole rings is 1. The fourth-order valence-electron chi connectivity index (χ4n) is 3.39. The highest BCUT2D eigenvalue weighted by Gasteiger charge is 2.22. The van der Waals surface area contributed by atoms with Crippen molar-refractivity contribution in [1.29, 1.82) is 0 Å². The summed E-state index contributed by atoms with van der Waals surface area (Å²) in [4.78, 5) is 31.5. The van der Waals surface area contributed by atoms with E-state index in [4.69, 9.17) is 9.47 Å². The Hall–Kier alpha value is -2.87. The number of nitrogens with one attached hydrogen (secondary N) is 1. The third-order valence-corrected chi connectivity index (χ3v) is 5.84. The first-order valence-electron chi connectivity index (χ1n) is 8.40. The van der Waals surface area contributed by atoms with Gasteiger partial charge in [0.05, 0.1) is 0 Å². The van der Waals surface area contributed by atoms with Crippen molar-refractivity contribution < 1.29 is 14.3 Å². The highest BCUT2D eigenvalue weighted by atomic mass is 32.1. The van der Waals surface area contributed by atoms with Gasteiger partial charge in [-0.25, -0.2) is 4.98 Å². The molecule has 132 valence electrons. The molecule has 0 radical (unpaired) electrons. The minimum atomic E-state index is -0.424. The summed E-state index contributed by atoms with van der Waals surface area (Å²) < 4.78 is 12.2. The first kappa shape index (κ1) is 15.4. The lowest BCUT2D eigenvalue weighted by atomic mass is 10.2. The van der Waals surface area contributed by atoms with Crippen molar-refractivity contribution >= 4 is 22.2 Å². The Labute approximate surface area is 152 Å². The molecule has 8 heteroatoms. The zero-order valence-corrected chi connectivity index (χ0v) is 14.6. The van der Waals surface area contributed by atoms with Crippen molar-refractivity contribution in [2.45, 2.75) is 25.8 Å². The molecule has 5 rings (SSSR count). The average Bonchev–Trinajstić information content (AvgIpc) is 3.34. The van der Waals surface area contributed by atoms with Crippen molar-refractivity contribution in [3.05, 3.63) is 56.4 Å². The van der Waals surface area contributed by atoms with Gasteiger partial charge in [-0.2, -0.15) is 0 Å². The minimum absolute atomic E-state index is 0.0655. The number of hydrogen-bond acceptors (Lipinski definition) is 6. The Bertz CT molecular complexity index is 1100. The number of carbonyl (C=O) groups excluding carboxylic acids is 1. The summed E-state index contributed by atoms with van der Waals surface area (Å²) in [5.74, 6) is 0.931. The molecule has 0 atom stereocenters. The van der Waals surface area contributed by atoms with Gasteiger partial charge in [0, 0.05) is 23.3 Å². The van der Waals surface area contributed by atoms with Crippen molar-refractivity contribution in [2.75, 3.05) is 6.79 Å². The molecule has 0 saturated heterocycles. The Kier molecular flexibility index (Phi) is 3.46. The molecule has 3 heterocycles. The van der Waals surface area contributed by atoms with E-state index in [1.54, 1.807) is 10.5 Å². The first-order chi connectivity index (χ1) is 12.7. The van der Waals surface area contributed by atoms with Crippen LogP contribution in [0.25, 0.3) is 4.96 Å². The summed E-state index contributed by atoms with van der Waals surface area (Å²) in [6.45, 7) is 0.498. The van der Waals surface area contributed by atoms with E-state index in [9.17, 15) is 9.59 Å². The maximum absolute atomic E-state index is 12.8. The molecule has 7 nitrogen and oxygen atoms in total. The van der Waals surface area contributed by atoms with Crippen molar-refractivity contribution in [3.8, 4) is 11.5 Å². The van der Waals surface area contributed by atoms with Crippen LogP contribution in [-0.2, 0) is 19.4 Å². The Morgan fingerprint density at radius 1 is 1.27 bits per heavy atom. The smallest absolute Gasteiger partial charge is 0.271 e. The Morgan fingerprint density at radius 2 is 2.15 bits per heavy atom. The molecule has 1 N–H and O–H groups in total. The predicted molar refractivity (Wildman–Crippen MR) is 95.1 cm³/mol. The molecule has 26 heavy (non-hydrogen) atoms. The van der Waals surface area contributed by atoms with Gasteiger partial charge in [0.25, 0.3) is 11.5 Å². The fourth-order valence-corrected chi connectivity index (χ4v) is 4.56. The van der Waals surface area contributed by atoms with E-state index in [0.717, 1.165) is 30.5 Å². The summed E-state index contributed by atoms with van der Waals surface area (Å²) in [5.41, 5.74) is 1.65. The van der Waals surface area contributed by atoms with Crippen LogP contribution in [0, 0.1) is 0 Å². The fraction of sp³-hybridized carbons (Fsp3) is 0.278. The van der Waals surface area contributed by atoms with Crippen LogP contribution < -0.4 is 20.3 Å². The summed E-state index contributed by atoms with van der Waals surface area (Å²) >= 11 is 1.54. The molecule has 1 aliphatic carbocycles. The first-order valence-corrected chi connectivity index (χ1v) is 9.21. The molecule has 0 saturated carbocycles. The van der Waals surface area contributed by atoms with Crippen LogP contribution in [0.1, 0.15) is 32.9 Å². The SMILES string of the molecule is O=C(NCc1ccc2c(c1)OCO2)c1cnc2sc3c(n2c1=O)CCC3. The zero-order valence-electron chi connectivity index (χ0n) is 13.8. The number of aryl methyl sites for hydroxylation is 2. The van der Waals surface area contributed by atoms with E-state index >= 15 is 0 Å². The second-order valence-electron chi connectivity index (χ2n) is 6.29. The highest BCUT2D eigenvalue weighted by molar-refractivity contribution is 7.17. The number of nitrogens with zero attached hydrogens (tertiary/aromatic N) is 2. The number of hydrogen-bond donors (Lipinski definition) is 1. The number of amides is 1. The lowest BCUT2D eigenvalue weighted by molar-refractivity contribution is 0.0948. The van der Waals surface area contributed by atoms with Crippen LogP contribution in [0.3, 0.4) is 0 Å². The maximum atomic E-state index is 12.8. The van der Waals surface area contributed by atoms with Gasteiger partial charge in [-0.15, -0.1) is 11.3 Å². The molecular weight excluding hydrogens is 354 g/mol. The highest BCUT2D eigenvalue weighted by Crippen LogP contribution is 2.32. The van der Waals surface area contributed by atoms with E-state index in [-0.39, 0.29) is 17.9 Å². The Balaban J connectivity index is 1.40. The molecule has 0 unspecified atom stereocenters. The van der Waals surface area contributed by atoms with Gasteiger partial charge in [-0.3, -0.25) is 14.0 Å². The normalized spacial score (nSPS) is 14.6. The van der Waals surface area contributed by atoms with Gasteiger partial charge in [-0.1, -0.05) is 6.07 Å². The van der Waals surface area contributed by atoms with E-state index in [1.165, 1.54) is 22.4 Å². The third kappa shape index (κ3) is 2.37. The molecule has 2 aromatic heterocycles. The van der Waals surface area contributed by atoms with Crippen LogP contribution in [0.5, 0.6) is 11.5 Å². The summed E-state index contributed by atoms with van der Waals surface area (Å²) in [6.07, 6.45) is 4.26.